The van der Waals surface area contributed by atoms with E-state index < -0.39 is 28.5 Å². The number of hydrogen-bond donors (Lipinski definition) is 1. The molecule has 4 aromatic carbocycles. The molecule has 0 aliphatic heterocycles. The number of carbonyl (C=O) groups is 2. The van der Waals surface area contributed by atoms with Crippen LogP contribution in [0.2, 0.25) is 10.0 Å². The Balaban J connectivity index is 1.86. The number of nitrogens with one attached hydrogen (secondary N) is 1. The van der Waals surface area contributed by atoms with Gasteiger partial charge < -0.3 is 15.0 Å². The largest absolute Gasteiger partial charge is 0.495 e. The maximum absolute atomic E-state index is 14.6. The Hall–Kier alpha value is -4.05. The molecule has 8 nitrogen and oxygen atoms in total. The van der Waals surface area contributed by atoms with Crippen molar-refractivity contribution < 1.29 is 22.7 Å². The highest BCUT2D eigenvalue weighted by Crippen LogP contribution is 2.34. The van der Waals surface area contributed by atoms with Crippen LogP contribution in [0.15, 0.2) is 102 Å². The lowest BCUT2D eigenvalue weighted by Crippen LogP contribution is -2.54. The number of ether oxygens (including phenoxy) is 1. The first-order chi connectivity index (χ1) is 21.9. The molecule has 4 aromatic rings. The summed E-state index contributed by atoms with van der Waals surface area (Å²) in [6.45, 7) is 4.84. The Morgan fingerprint density at radius 1 is 0.848 bits per heavy atom. The summed E-state index contributed by atoms with van der Waals surface area (Å²) in [7, 11) is -2.84. The fourth-order valence-electron chi connectivity index (χ4n) is 5.00. The molecule has 1 N–H and O–H groups in total. The minimum absolute atomic E-state index is 0.000721. The van der Waals surface area contributed by atoms with Crippen molar-refractivity contribution >= 4 is 50.7 Å². The van der Waals surface area contributed by atoms with Gasteiger partial charge in [0.2, 0.25) is 11.8 Å². The summed E-state index contributed by atoms with van der Waals surface area (Å²) >= 11 is 12.5. The summed E-state index contributed by atoms with van der Waals surface area (Å²) in [5, 5.41) is 3.57. The Kier molecular flexibility index (Phi) is 11.7. The summed E-state index contributed by atoms with van der Waals surface area (Å²) in [5.74, 6) is -0.709. The fraction of sp³-hybridized carbons (Fsp3) is 0.257. The van der Waals surface area contributed by atoms with Gasteiger partial charge in [0.25, 0.3) is 10.0 Å². The lowest BCUT2D eigenvalue weighted by Gasteiger charge is -2.34. The lowest BCUT2D eigenvalue weighted by atomic mass is 10.0. The van der Waals surface area contributed by atoms with Crippen molar-refractivity contribution in [1.82, 2.24) is 10.2 Å². The molecule has 0 heterocycles. The number of anilines is 1. The SMILES string of the molecule is COc1ccc(C)cc1N(CC(=O)N(Cc1ccc(Cl)c(Cl)c1)C(Cc1ccccc1)C(=O)NC(C)C)S(=O)(=O)c1ccccc1. The van der Waals surface area contributed by atoms with Crippen LogP contribution >= 0.6 is 23.2 Å². The van der Waals surface area contributed by atoms with E-state index in [2.05, 4.69) is 5.32 Å². The number of benzene rings is 4. The van der Waals surface area contributed by atoms with Gasteiger partial charge >= 0.3 is 0 Å². The smallest absolute Gasteiger partial charge is 0.264 e. The van der Waals surface area contributed by atoms with Crippen LogP contribution in [0.1, 0.15) is 30.5 Å². The van der Waals surface area contributed by atoms with Crippen molar-refractivity contribution in [2.75, 3.05) is 18.0 Å². The van der Waals surface area contributed by atoms with E-state index in [9.17, 15) is 18.0 Å². The van der Waals surface area contributed by atoms with Crippen LogP contribution in [-0.2, 0) is 32.6 Å². The molecule has 11 heteroatoms. The van der Waals surface area contributed by atoms with E-state index in [4.69, 9.17) is 27.9 Å². The predicted octanol–water partition coefficient (Wildman–Crippen LogP) is 6.67. The van der Waals surface area contributed by atoms with E-state index >= 15 is 0 Å². The standard InChI is InChI=1S/C35H37Cl2N3O5S/c1-24(2)38-35(42)32(21-26-11-7-5-8-12-26)39(22-27-16-17-29(36)30(37)20-27)34(41)23-40(31-19-25(3)15-18-33(31)45-4)46(43,44)28-13-9-6-10-14-28/h5-20,24,32H,21-23H2,1-4H3,(H,38,42). The first-order valence-electron chi connectivity index (χ1n) is 14.7. The highest BCUT2D eigenvalue weighted by molar-refractivity contribution is 7.92. The topological polar surface area (TPSA) is 96.0 Å². The Morgan fingerprint density at radius 3 is 2.11 bits per heavy atom. The minimum Gasteiger partial charge on any atom is -0.495 e. The monoisotopic (exact) mass is 681 g/mol. The molecule has 46 heavy (non-hydrogen) atoms. The number of nitrogens with zero attached hydrogens (tertiary/aromatic N) is 2. The zero-order valence-corrected chi connectivity index (χ0v) is 28.4. The van der Waals surface area contributed by atoms with Gasteiger partial charge in [-0.05, 0) is 73.9 Å². The summed E-state index contributed by atoms with van der Waals surface area (Å²) < 4.78 is 35.1. The molecule has 0 fully saturated rings. The molecule has 0 radical (unpaired) electrons. The molecular weight excluding hydrogens is 645 g/mol. The maximum atomic E-state index is 14.6. The van der Waals surface area contributed by atoms with Gasteiger partial charge in [-0.3, -0.25) is 13.9 Å². The van der Waals surface area contributed by atoms with Crippen LogP contribution in [0.5, 0.6) is 5.75 Å². The molecule has 0 saturated heterocycles. The van der Waals surface area contributed by atoms with E-state index in [-0.39, 0.29) is 46.3 Å². The number of halogens is 2. The van der Waals surface area contributed by atoms with Gasteiger partial charge in [0.05, 0.1) is 27.7 Å². The highest BCUT2D eigenvalue weighted by atomic mass is 35.5. The second-order valence-electron chi connectivity index (χ2n) is 11.1. The van der Waals surface area contributed by atoms with Crippen LogP contribution in [0.4, 0.5) is 5.69 Å². The number of hydrogen-bond acceptors (Lipinski definition) is 5. The third-order valence-corrected chi connectivity index (χ3v) is 9.77. The molecule has 0 aliphatic carbocycles. The number of carbonyl (C=O) groups excluding carboxylic acids is 2. The van der Waals surface area contributed by atoms with Crippen molar-refractivity contribution in [3.63, 3.8) is 0 Å². The van der Waals surface area contributed by atoms with Crippen LogP contribution in [0.3, 0.4) is 0 Å². The second-order valence-corrected chi connectivity index (χ2v) is 13.8. The van der Waals surface area contributed by atoms with Crippen molar-refractivity contribution in [3.05, 3.63) is 124 Å². The fourth-order valence-corrected chi connectivity index (χ4v) is 6.76. The first-order valence-corrected chi connectivity index (χ1v) is 16.9. The van der Waals surface area contributed by atoms with Crippen LogP contribution in [0, 0.1) is 6.92 Å². The molecule has 0 aliphatic rings. The number of sulfonamides is 1. The van der Waals surface area contributed by atoms with Crippen LogP contribution in [0.25, 0.3) is 0 Å². The van der Waals surface area contributed by atoms with E-state index in [0.29, 0.717) is 10.6 Å². The highest BCUT2D eigenvalue weighted by Gasteiger charge is 2.35. The van der Waals surface area contributed by atoms with E-state index in [1.807, 2.05) is 51.1 Å². The molecule has 4 rings (SSSR count). The van der Waals surface area contributed by atoms with Crippen molar-refractivity contribution in [2.24, 2.45) is 0 Å². The average Bonchev–Trinajstić information content (AvgIpc) is 3.03. The molecule has 0 saturated carbocycles. The van der Waals surface area contributed by atoms with Gasteiger partial charge in [-0.25, -0.2) is 8.42 Å². The number of methoxy groups -OCH3 is 1. The van der Waals surface area contributed by atoms with Gasteiger partial charge in [-0.1, -0.05) is 83.9 Å². The van der Waals surface area contributed by atoms with Crippen molar-refractivity contribution in [1.29, 1.82) is 0 Å². The Bertz CT molecular complexity index is 1770. The lowest BCUT2D eigenvalue weighted by molar-refractivity contribution is -0.140. The van der Waals surface area contributed by atoms with Gasteiger partial charge in [-0.15, -0.1) is 0 Å². The van der Waals surface area contributed by atoms with Gasteiger partial charge in [-0.2, -0.15) is 0 Å². The second kappa shape index (κ2) is 15.5. The predicted molar refractivity (Wildman–Crippen MR) is 183 cm³/mol. The first kappa shape index (κ1) is 34.8. The summed E-state index contributed by atoms with van der Waals surface area (Å²) in [6.07, 6.45) is 0.186. The van der Waals surface area contributed by atoms with Gasteiger partial charge in [0.15, 0.2) is 0 Å². The molecule has 242 valence electrons. The van der Waals surface area contributed by atoms with Gasteiger partial charge in [0.1, 0.15) is 18.3 Å². The minimum atomic E-state index is -4.27. The zero-order valence-electron chi connectivity index (χ0n) is 26.1. The normalized spacial score (nSPS) is 12.0. The Labute approximate surface area is 280 Å². The molecule has 0 bridgehead atoms. The van der Waals surface area contributed by atoms with Crippen molar-refractivity contribution in [2.45, 2.75) is 50.7 Å². The molecule has 2 amide bonds. The van der Waals surface area contributed by atoms with E-state index in [0.717, 1.165) is 15.4 Å². The van der Waals surface area contributed by atoms with Crippen LogP contribution < -0.4 is 14.4 Å². The third kappa shape index (κ3) is 8.60. The molecule has 0 spiro atoms. The van der Waals surface area contributed by atoms with Gasteiger partial charge in [0, 0.05) is 19.0 Å². The molecule has 1 atom stereocenters. The number of amides is 2. The average molecular weight is 683 g/mol. The number of aryl methyl sites for hydroxylation is 1. The molecule has 1 unspecified atom stereocenters. The quantitative estimate of drug-likeness (QED) is 0.170. The number of rotatable bonds is 13. The van der Waals surface area contributed by atoms with Crippen molar-refractivity contribution in [3.8, 4) is 5.75 Å². The van der Waals surface area contributed by atoms with E-state index in [1.165, 1.54) is 24.1 Å². The molecule has 0 aromatic heterocycles. The van der Waals surface area contributed by atoms with Crippen LogP contribution in [-0.4, -0.2) is 50.9 Å². The molecular formula is C35H37Cl2N3O5S. The van der Waals surface area contributed by atoms with E-state index in [1.54, 1.807) is 54.6 Å². The summed E-state index contributed by atoms with van der Waals surface area (Å²) in [6, 6.07) is 26.1. The maximum Gasteiger partial charge on any atom is 0.264 e. The summed E-state index contributed by atoms with van der Waals surface area (Å²) in [4.78, 5) is 29.8. The third-order valence-electron chi connectivity index (χ3n) is 7.25. The Morgan fingerprint density at radius 2 is 1.50 bits per heavy atom. The zero-order chi connectivity index (χ0) is 33.4. The summed E-state index contributed by atoms with van der Waals surface area (Å²) in [5.41, 5.74) is 2.40.